The number of amides is 2. The third-order valence-corrected chi connectivity index (χ3v) is 4.97. The van der Waals surface area contributed by atoms with Crippen LogP contribution < -0.4 is 11.1 Å². The predicted octanol–water partition coefficient (Wildman–Crippen LogP) is 3.35. The molecule has 1 aromatic carbocycles. The third kappa shape index (κ3) is 4.05. The SMILES string of the molecule is CC(c1ccc(C(F)(F)C(F)(F)F)cc1)N(C)C(=O)C(=O)Nc1cnc(N)c2cn[nH]c12. The standard InChI is InChI=1S/C19H17F5N6O2/c1-9(10-3-5-11(6-4-10)18(20,21)19(22,23)24)30(2)17(32)16(31)28-13-8-26-15(25)12-7-27-29-14(12)13/h3-9H,1-2H3,(H2,25,26)(H,27,29)(H,28,31). The lowest BCUT2D eigenvalue weighted by molar-refractivity contribution is -0.289. The molecular formula is C19H17F5N6O2. The first-order valence-electron chi connectivity index (χ1n) is 9.05. The number of alkyl halides is 5. The Labute approximate surface area is 177 Å². The van der Waals surface area contributed by atoms with Gasteiger partial charge in [-0.2, -0.15) is 27.1 Å². The van der Waals surface area contributed by atoms with Gasteiger partial charge in [-0.15, -0.1) is 0 Å². The number of benzene rings is 1. The van der Waals surface area contributed by atoms with Crippen molar-refractivity contribution in [2.24, 2.45) is 0 Å². The van der Waals surface area contributed by atoms with Gasteiger partial charge in [-0.05, 0) is 12.5 Å². The lowest BCUT2D eigenvalue weighted by Crippen LogP contribution is -2.38. The number of aromatic nitrogens is 3. The number of likely N-dealkylation sites (N-methyl/N-ethyl adjacent to an activating group) is 1. The number of H-pyrrole nitrogens is 1. The van der Waals surface area contributed by atoms with Gasteiger partial charge in [0.2, 0.25) is 0 Å². The van der Waals surface area contributed by atoms with Crippen LogP contribution in [-0.4, -0.2) is 45.1 Å². The first-order valence-corrected chi connectivity index (χ1v) is 9.05. The Hall–Kier alpha value is -3.77. The maximum atomic E-state index is 13.4. The van der Waals surface area contributed by atoms with Gasteiger partial charge >= 0.3 is 23.9 Å². The zero-order valence-corrected chi connectivity index (χ0v) is 16.7. The molecule has 0 aliphatic rings. The Morgan fingerprint density at radius 2 is 1.75 bits per heavy atom. The minimum absolute atomic E-state index is 0.157. The highest BCUT2D eigenvalue weighted by Gasteiger charge is 2.58. The number of fused-ring (bicyclic) bond motifs is 1. The summed E-state index contributed by atoms with van der Waals surface area (Å²) in [6, 6.07) is 2.54. The van der Waals surface area contributed by atoms with Crippen LogP contribution in [-0.2, 0) is 15.5 Å². The summed E-state index contributed by atoms with van der Waals surface area (Å²) in [6.07, 6.45) is -3.10. The monoisotopic (exact) mass is 456 g/mol. The fraction of sp³-hybridized carbons (Fsp3) is 0.263. The molecule has 32 heavy (non-hydrogen) atoms. The van der Waals surface area contributed by atoms with Crippen LogP contribution in [0.2, 0.25) is 0 Å². The molecule has 3 aromatic rings. The number of halogens is 5. The number of carbonyl (C=O) groups is 2. The van der Waals surface area contributed by atoms with Gasteiger partial charge in [0.1, 0.15) is 5.82 Å². The number of anilines is 2. The highest BCUT2D eigenvalue weighted by Crippen LogP contribution is 2.44. The molecule has 13 heteroatoms. The number of carbonyl (C=O) groups excluding carboxylic acids is 2. The summed E-state index contributed by atoms with van der Waals surface area (Å²) in [6.45, 7) is 1.49. The van der Waals surface area contributed by atoms with Crippen molar-refractivity contribution >= 4 is 34.2 Å². The molecule has 0 saturated heterocycles. The van der Waals surface area contributed by atoms with Crippen molar-refractivity contribution < 1.29 is 31.5 Å². The first-order chi connectivity index (χ1) is 14.8. The van der Waals surface area contributed by atoms with Gasteiger partial charge < -0.3 is 16.0 Å². The molecule has 2 amide bonds. The van der Waals surface area contributed by atoms with Crippen molar-refractivity contribution in [3.05, 3.63) is 47.8 Å². The molecule has 0 fully saturated rings. The van der Waals surface area contributed by atoms with Crippen LogP contribution >= 0.6 is 0 Å². The number of pyridine rings is 1. The fourth-order valence-electron chi connectivity index (χ4n) is 2.92. The van der Waals surface area contributed by atoms with Crippen LogP contribution in [0, 0.1) is 0 Å². The Morgan fingerprint density at radius 1 is 1.12 bits per heavy atom. The molecular weight excluding hydrogens is 439 g/mol. The summed E-state index contributed by atoms with van der Waals surface area (Å²) >= 11 is 0. The van der Waals surface area contributed by atoms with Crippen LogP contribution in [0.1, 0.15) is 24.1 Å². The van der Waals surface area contributed by atoms with Gasteiger partial charge in [-0.1, -0.05) is 24.3 Å². The van der Waals surface area contributed by atoms with Crippen molar-refractivity contribution in [3.63, 3.8) is 0 Å². The van der Waals surface area contributed by atoms with Crippen LogP contribution in [0.4, 0.5) is 33.5 Å². The summed E-state index contributed by atoms with van der Waals surface area (Å²) in [7, 11) is 1.29. The van der Waals surface area contributed by atoms with Gasteiger partial charge in [-0.25, -0.2) is 4.98 Å². The first kappa shape index (κ1) is 22.9. The highest BCUT2D eigenvalue weighted by atomic mass is 19.4. The van der Waals surface area contributed by atoms with Crippen LogP contribution in [0.5, 0.6) is 0 Å². The molecule has 170 valence electrons. The molecule has 0 aliphatic carbocycles. The summed E-state index contributed by atoms with van der Waals surface area (Å²) < 4.78 is 64.4. The van der Waals surface area contributed by atoms with Crippen molar-refractivity contribution in [2.75, 3.05) is 18.1 Å². The van der Waals surface area contributed by atoms with E-state index in [1.54, 1.807) is 0 Å². The summed E-state index contributed by atoms with van der Waals surface area (Å²) in [5, 5.41) is 9.26. The molecule has 0 saturated carbocycles. The number of nitrogens with zero attached hydrogens (tertiary/aromatic N) is 3. The van der Waals surface area contributed by atoms with E-state index in [-0.39, 0.29) is 17.1 Å². The summed E-state index contributed by atoms with van der Waals surface area (Å²) in [5.41, 5.74) is 5.24. The van der Waals surface area contributed by atoms with Gasteiger partial charge in [0.25, 0.3) is 0 Å². The van der Waals surface area contributed by atoms with E-state index in [1.165, 1.54) is 26.4 Å². The van der Waals surface area contributed by atoms with Crippen molar-refractivity contribution in [3.8, 4) is 0 Å². The van der Waals surface area contributed by atoms with Crippen LogP contribution in [0.3, 0.4) is 0 Å². The number of hydrogen-bond acceptors (Lipinski definition) is 5. The average molecular weight is 456 g/mol. The summed E-state index contributed by atoms with van der Waals surface area (Å²) in [4.78, 5) is 29.9. The van der Waals surface area contributed by atoms with E-state index in [9.17, 15) is 31.5 Å². The normalized spacial score (nSPS) is 13.1. The maximum Gasteiger partial charge on any atom is 0.458 e. The second kappa shape index (κ2) is 8.05. The van der Waals surface area contributed by atoms with Crippen LogP contribution in [0.15, 0.2) is 36.7 Å². The van der Waals surface area contributed by atoms with Gasteiger partial charge in [0.15, 0.2) is 0 Å². The quantitative estimate of drug-likeness (QED) is 0.411. The Kier molecular flexibility index (Phi) is 5.76. The van der Waals surface area contributed by atoms with Gasteiger partial charge in [-0.3, -0.25) is 14.7 Å². The molecule has 0 spiro atoms. The lowest BCUT2D eigenvalue weighted by Gasteiger charge is -2.25. The van der Waals surface area contributed by atoms with Crippen LogP contribution in [0.25, 0.3) is 10.9 Å². The number of hydrogen-bond donors (Lipinski definition) is 3. The molecule has 4 N–H and O–H groups in total. The Morgan fingerprint density at radius 3 is 2.34 bits per heavy atom. The molecule has 2 heterocycles. The van der Waals surface area contributed by atoms with Crippen molar-refractivity contribution in [1.29, 1.82) is 0 Å². The average Bonchev–Trinajstić information content (AvgIpc) is 3.24. The van der Waals surface area contributed by atoms with E-state index in [1.807, 2.05) is 0 Å². The Balaban J connectivity index is 1.74. The fourth-order valence-corrected chi connectivity index (χ4v) is 2.92. The van der Waals surface area contributed by atoms with E-state index in [2.05, 4.69) is 20.5 Å². The van der Waals surface area contributed by atoms with Crippen molar-refractivity contribution in [2.45, 2.75) is 25.1 Å². The number of nitrogens with one attached hydrogen (secondary N) is 2. The Bertz CT molecular complexity index is 1160. The number of nitrogens with two attached hydrogens (primary N) is 1. The zero-order valence-electron chi connectivity index (χ0n) is 16.7. The second-order valence-electron chi connectivity index (χ2n) is 6.96. The molecule has 0 radical (unpaired) electrons. The number of aromatic amines is 1. The number of rotatable bonds is 4. The molecule has 8 nitrogen and oxygen atoms in total. The molecule has 0 bridgehead atoms. The topological polar surface area (TPSA) is 117 Å². The van der Waals surface area contributed by atoms with E-state index in [4.69, 9.17) is 5.73 Å². The smallest absolute Gasteiger partial charge is 0.383 e. The van der Waals surface area contributed by atoms with Crippen molar-refractivity contribution in [1.82, 2.24) is 20.1 Å². The predicted molar refractivity (Wildman–Crippen MR) is 105 cm³/mol. The van der Waals surface area contributed by atoms with Gasteiger partial charge in [0, 0.05) is 12.6 Å². The van der Waals surface area contributed by atoms with E-state index >= 15 is 0 Å². The third-order valence-electron chi connectivity index (χ3n) is 4.97. The molecule has 3 rings (SSSR count). The van der Waals surface area contributed by atoms with E-state index < -0.39 is 35.5 Å². The molecule has 1 unspecified atom stereocenters. The molecule has 0 aliphatic heterocycles. The lowest BCUT2D eigenvalue weighted by atomic mass is 10.0. The maximum absolute atomic E-state index is 13.4. The largest absolute Gasteiger partial charge is 0.458 e. The zero-order chi connectivity index (χ0) is 23.8. The number of nitrogen functional groups attached to an aromatic ring is 1. The minimum Gasteiger partial charge on any atom is -0.383 e. The molecule has 1 atom stereocenters. The van der Waals surface area contributed by atoms with Gasteiger partial charge in [0.05, 0.1) is 35.0 Å². The van der Waals surface area contributed by atoms with E-state index in [0.29, 0.717) is 23.0 Å². The van der Waals surface area contributed by atoms with E-state index in [0.717, 1.165) is 17.0 Å². The summed E-state index contributed by atoms with van der Waals surface area (Å²) in [5.74, 6) is -6.85. The molecule has 2 aromatic heterocycles. The second-order valence-corrected chi connectivity index (χ2v) is 6.96. The highest BCUT2D eigenvalue weighted by molar-refractivity contribution is 6.40. The minimum atomic E-state index is -5.73.